The quantitative estimate of drug-likeness (QED) is 0.851. The summed E-state index contributed by atoms with van der Waals surface area (Å²) in [5.74, 6) is 1.80. The molecule has 2 atom stereocenters. The molecular formula is C16H22N4S2. The predicted molar refractivity (Wildman–Crippen MR) is 92.4 cm³/mol. The van der Waals surface area contributed by atoms with Crippen LogP contribution in [0, 0.1) is 10.7 Å². The number of piperidine rings is 1. The molecule has 118 valence electrons. The van der Waals surface area contributed by atoms with E-state index in [0.717, 1.165) is 29.3 Å². The van der Waals surface area contributed by atoms with Gasteiger partial charge in [0.05, 0.1) is 11.5 Å². The van der Waals surface area contributed by atoms with Gasteiger partial charge in [-0.25, -0.2) is 4.68 Å². The number of nitrogens with one attached hydrogen (secondary N) is 1. The summed E-state index contributed by atoms with van der Waals surface area (Å²) >= 11 is 7.16. The van der Waals surface area contributed by atoms with Crippen LogP contribution < -0.4 is 0 Å². The minimum atomic E-state index is 0.668. The molecule has 3 heterocycles. The maximum absolute atomic E-state index is 5.46. The lowest BCUT2D eigenvalue weighted by Crippen LogP contribution is -2.47. The number of hydrogen-bond donors (Lipinski definition) is 1. The predicted octanol–water partition coefficient (Wildman–Crippen LogP) is 4.28. The maximum Gasteiger partial charge on any atom is 0.217 e. The molecule has 2 aromatic rings. The standard InChI is InChI=1S/C16H22N4S2/c21-16-17-15(14-8-4-10-22-14)18-20(16)11-19-9-3-6-12-5-1-2-7-13(12)19/h4,8,10,12-13H,1-3,5-7,9,11H2,(H,17,18,21)/t12-,13-/m0/s1. The summed E-state index contributed by atoms with van der Waals surface area (Å²) in [7, 11) is 0. The molecule has 0 bridgehead atoms. The Kier molecular flexibility index (Phi) is 4.15. The molecule has 1 aliphatic heterocycles. The molecular weight excluding hydrogens is 312 g/mol. The summed E-state index contributed by atoms with van der Waals surface area (Å²) in [5, 5.41) is 5.47. The molecule has 2 aliphatic rings. The third-order valence-corrected chi connectivity index (χ3v) is 6.30. The van der Waals surface area contributed by atoms with E-state index < -0.39 is 0 Å². The highest BCUT2D eigenvalue weighted by Crippen LogP contribution is 2.35. The van der Waals surface area contributed by atoms with Crippen LogP contribution in [0.15, 0.2) is 17.5 Å². The van der Waals surface area contributed by atoms with E-state index in [1.807, 2.05) is 10.7 Å². The lowest BCUT2D eigenvalue weighted by molar-refractivity contribution is 0.0324. The Balaban J connectivity index is 1.54. The Morgan fingerprint density at radius 2 is 2.14 bits per heavy atom. The lowest BCUT2D eigenvalue weighted by atomic mass is 9.78. The van der Waals surface area contributed by atoms with Crippen molar-refractivity contribution in [2.24, 2.45) is 5.92 Å². The van der Waals surface area contributed by atoms with Gasteiger partial charge < -0.3 is 0 Å². The van der Waals surface area contributed by atoms with Crippen LogP contribution >= 0.6 is 23.6 Å². The summed E-state index contributed by atoms with van der Waals surface area (Å²) in [6.45, 7) is 2.05. The molecule has 2 aromatic heterocycles. The van der Waals surface area contributed by atoms with E-state index in [2.05, 4.69) is 26.4 Å². The Hall–Kier alpha value is -0.980. The van der Waals surface area contributed by atoms with Gasteiger partial charge in [-0.3, -0.25) is 10.00 Å². The number of likely N-dealkylation sites (tertiary alicyclic amines) is 1. The van der Waals surface area contributed by atoms with Gasteiger partial charge in [0.25, 0.3) is 0 Å². The molecule has 0 spiro atoms. The monoisotopic (exact) mass is 334 g/mol. The van der Waals surface area contributed by atoms with Gasteiger partial charge in [-0.2, -0.15) is 4.98 Å². The van der Waals surface area contributed by atoms with Gasteiger partial charge in [0.2, 0.25) is 4.77 Å². The summed E-state index contributed by atoms with van der Waals surface area (Å²) in [5.41, 5.74) is 0. The average Bonchev–Trinajstić information content (AvgIpc) is 3.18. The van der Waals surface area contributed by atoms with Gasteiger partial charge in [-0.15, -0.1) is 11.3 Å². The van der Waals surface area contributed by atoms with Crippen LogP contribution in [0.1, 0.15) is 38.5 Å². The smallest absolute Gasteiger partial charge is 0.217 e. The summed E-state index contributed by atoms with van der Waals surface area (Å²) in [6.07, 6.45) is 8.30. The molecule has 1 aliphatic carbocycles. The normalized spacial score (nSPS) is 26.0. The second kappa shape index (κ2) is 6.26. The van der Waals surface area contributed by atoms with Crippen molar-refractivity contribution in [1.29, 1.82) is 0 Å². The zero-order chi connectivity index (χ0) is 14.9. The molecule has 0 amide bonds. The zero-order valence-corrected chi connectivity index (χ0v) is 14.3. The van der Waals surface area contributed by atoms with Crippen LogP contribution in [0.25, 0.3) is 10.7 Å². The number of thiophene rings is 1. The number of H-pyrrole nitrogens is 1. The minimum Gasteiger partial charge on any atom is -0.281 e. The van der Waals surface area contributed by atoms with Gasteiger partial charge >= 0.3 is 0 Å². The molecule has 0 aromatic carbocycles. The van der Waals surface area contributed by atoms with Crippen LogP contribution in [0.5, 0.6) is 0 Å². The second-order valence-corrected chi connectivity index (χ2v) is 7.78. The highest BCUT2D eigenvalue weighted by Gasteiger charge is 2.33. The van der Waals surface area contributed by atoms with Crippen LogP contribution in [-0.2, 0) is 6.67 Å². The fourth-order valence-electron chi connectivity index (χ4n) is 4.06. The fraction of sp³-hybridized carbons (Fsp3) is 0.625. The van der Waals surface area contributed by atoms with Crippen molar-refractivity contribution in [2.75, 3.05) is 6.54 Å². The van der Waals surface area contributed by atoms with Crippen molar-refractivity contribution >= 4 is 23.6 Å². The second-order valence-electron chi connectivity index (χ2n) is 6.47. The first kappa shape index (κ1) is 14.6. The van der Waals surface area contributed by atoms with Gasteiger partial charge in [0.1, 0.15) is 0 Å². The van der Waals surface area contributed by atoms with Gasteiger partial charge in [0, 0.05) is 12.6 Å². The third kappa shape index (κ3) is 2.79. The Bertz CT molecular complexity index is 671. The molecule has 0 unspecified atom stereocenters. The topological polar surface area (TPSA) is 36.9 Å². The summed E-state index contributed by atoms with van der Waals surface area (Å²) < 4.78 is 2.71. The van der Waals surface area contributed by atoms with Gasteiger partial charge in [-0.1, -0.05) is 18.9 Å². The fourth-order valence-corrected chi connectivity index (χ4v) is 4.92. The van der Waals surface area contributed by atoms with Crippen molar-refractivity contribution in [2.45, 2.75) is 51.2 Å². The molecule has 4 nitrogen and oxygen atoms in total. The van der Waals surface area contributed by atoms with Crippen LogP contribution in [0.3, 0.4) is 0 Å². The number of nitrogens with zero attached hydrogens (tertiary/aromatic N) is 3. The van der Waals surface area contributed by atoms with Crippen LogP contribution in [0.2, 0.25) is 0 Å². The van der Waals surface area contributed by atoms with Gasteiger partial charge in [0.15, 0.2) is 5.82 Å². The molecule has 1 saturated heterocycles. The molecule has 4 rings (SSSR count). The van der Waals surface area contributed by atoms with Crippen molar-refractivity contribution in [3.8, 4) is 10.7 Å². The zero-order valence-electron chi connectivity index (χ0n) is 12.7. The van der Waals surface area contributed by atoms with E-state index in [1.54, 1.807) is 11.3 Å². The largest absolute Gasteiger partial charge is 0.281 e. The number of aromatic amines is 1. The van der Waals surface area contributed by atoms with E-state index >= 15 is 0 Å². The Morgan fingerprint density at radius 3 is 3.00 bits per heavy atom. The van der Waals surface area contributed by atoms with Crippen molar-refractivity contribution in [1.82, 2.24) is 19.7 Å². The molecule has 1 N–H and O–H groups in total. The molecule has 22 heavy (non-hydrogen) atoms. The lowest BCUT2D eigenvalue weighted by Gasteiger charge is -2.44. The van der Waals surface area contributed by atoms with E-state index in [1.165, 1.54) is 45.1 Å². The highest BCUT2D eigenvalue weighted by atomic mass is 32.1. The van der Waals surface area contributed by atoms with E-state index in [4.69, 9.17) is 12.2 Å². The van der Waals surface area contributed by atoms with Crippen LogP contribution in [0.4, 0.5) is 0 Å². The SMILES string of the molecule is S=c1nc(-c2cccs2)[nH]n1CN1CCC[C@@H]2CCCC[C@@H]21. The number of aromatic nitrogens is 3. The van der Waals surface area contributed by atoms with Crippen molar-refractivity contribution in [3.63, 3.8) is 0 Å². The minimum absolute atomic E-state index is 0.668. The van der Waals surface area contributed by atoms with E-state index in [-0.39, 0.29) is 0 Å². The number of fused-ring (bicyclic) bond motifs is 1. The van der Waals surface area contributed by atoms with E-state index in [0.29, 0.717) is 4.77 Å². The first-order chi connectivity index (χ1) is 10.8. The maximum atomic E-state index is 5.46. The molecule has 2 fully saturated rings. The highest BCUT2D eigenvalue weighted by molar-refractivity contribution is 7.71. The Morgan fingerprint density at radius 1 is 1.27 bits per heavy atom. The van der Waals surface area contributed by atoms with Gasteiger partial charge in [-0.05, 0) is 55.3 Å². The molecule has 6 heteroatoms. The molecule has 1 saturated carbocycles. The number of hydrogen-bond acceptors (Lipinski definition) is 4. The molecule has 0 radical (unpaired) electrons. The average molecular weight is 335 g/mol. The first-order valence-corrected chi connectivity index (χ1v) is 9.55. The van der Waals surface area contributed by atoms with Crippen LogP contribution in [-0.4, -0.2) is 32.3 Å². The first-order valence-electron chi connectivity index (χ1n) is 8.26. The summed E-state index contributed by atoms with van der Waals surface area (Å²) in [4.78, 5) is 8.31. The van der Waals surface area contributed by atoms with Crippen molar-refractivity contribution in [3.05, 3.63) is 22.3 Å². The van der Waals surface area contributed by atoms with E-state index in [9.17, 15) is 0 Å². The Labute approximate surface area is 140 Å². The van der Waals surface area contributed by atoms with Crippen molar-refractivity contribution < 1.29 is 0 Å². The third-order valence-electron chi connectivity index (χ3n) is 5.12. The summed E-state index contributed by atoms with van der Waals surface area (Å²) in [6, 6.07) is 4.88. The number of rotatable bonds is 3.